The maximum Gasteiger partial charge on any atom is 0.334 e. The quantitative estimate of drug-likeness (QED) is 0.780. The normalized spacial score (nSPS) is 12.3. The second-order valence-electron chi connectivity index (χ2n) is 4.92. The molecule has 0 aliphatic rings. The zero-order valence-electron chi connectivity index (χ0n) is 12.2. The number of amides is 1. The minimum Gasteiger partial charge on any atom is -0.479 e. The molecule has 0 bridgehead atoms. The van der Waals surface area contributed by atoms with Crippen molar-refractivity contribution in [2.75, 3.05) is 13.7 Å². The number of nitrogens with one attached hydrogen (secondary N) is 2. The van der Waals surface area contributed by atoms with Crippen LogP contribution in [0.15, 0.2) is 18.2 Å². The lowest BCUT2D eigenvalue weighted by Crippen LogP contribution is -2.37. The number of benzene rings is 1. The molecular weight excluding hydrogens is 272 g/mol. The van der Waals surface area contributed by atoms with Crippen LogP contribution in [0, 0.1) is 13.8 Å². The van der Waals surface area contributed by atoms with Crippen molar-refractivity contribution in [2.45, 2.75) is 20.0 Å². The highest BCUT2D eigenvalue weighted by molar-refractivity contribution is 5.99. The zero-order valence-corrected chi connectivity index (χ0v) is 12.2. The molecule has 1 atom stereocenters. The van der Waals surface area contributed by atoms with Gasteiger partial charge >= 0.3 is 5.97 Å². The van der Waals surface area contributed by atoms with Gasteiger partial charge in [0.15, 0.2) is 6.10 Å². The summed E-state index contributed by atoms with van der Waals surface area (Å²) in [6, 6.07) is 5.68. The lowest BCUT2D eigenvalue weighted by atomic mass is 10.1. The molecule has 3 N–H and O–H groups in total. The molecule has 6 heteroatoms. The molecule has 0 spiro atoms. The molecular formula is C15H18N2O4. The van der Waals surface area contributed by atoms with Gasteiger partial charge in [-0.25, -0.2) is 4.79 Å². The van der Waals surface area contributed by atoms with Crippen molar-refractivity contribution in [3.05, 3.63) is 35.0 Å². The summed E-state index contributed by atoms with van der Waals surface area (Å²) < 4.78 is 4.77. The molecule has 0 fully saturated rings. The number of H-pyrrole nitrogens is 1. The average Bonchev–Trinajstić information content (AvgIpc) is 2.88. The van der Waals surface area contributed by atoms with E-state index in [0.717, 1.165) is 22.0 Å². The van der Waals surface area contributed by atoms with Crippen LogP contribution in [0.3, 0.4) is 0 Å². The fourth-order valence-corrected chi connectivity index (χ4v) is 2.13. The first-order valence-electron chi connectivity index (χ1n) is 6.56. The molecule has 1 aromatic carbocycles. The molecule has 1 heterocycles. The van der Waals surface area contributed by atoms with Gasteiger partial charge in [-0.2, -0.15) is 0 Å². The van der Waals surface area contributed by atoms with E-state index in [1.54, 1.807) is 6.07 Å². The Morgan fingerprint density at radius 2 is 2.10 bits per heavy atom. The number of aryl methyl sites for hydroxylation is 2. The number of hydrogen-bond donors (Lipinski definition) is 3. The van der Waals surface area contributed by atoms with E-state index in [-0.39, 0.29) is 12.5 Å². The Kier molecular flexibility index (Phi) is 4.28. The monoisotopic (exact) mass is 290 g/mol. The van der Waals surface area contributed by atoms with Crippen molar-refractivity contribution in [1.29, 1.82) is 0 Å². The van der Waals surface area contributed by atoms with E-state index in [1.807, 2.05) is 26.0 Å². The zero-order chi connectivity index (χ0) is 15.6. The molecule has 0 aliphatic carbocycles. The molecule has 0 aliphatic heterocycles. The van der Waals surface area contributed by atoms with Crippen LogP contribution in [0.2, 0.25) is 0 Å². The smallest absolute Gasteiger partial charge is 0.334 e. The van der Waals surface area contributed by atoms with E-state index in [2.05, 4.69) is 10.3 Å². The van der Waals surface area contributed by atoms with Gasteiger partial charge in [-0.15, -0.1) is 0 Å². The van der Waals surface area contributed by atoms with Gasteiger partial charge in [-0.1, -0.05) is 6.07 Å². The third kappa shape index (κ3) is 3.05. The molecule has 21 heavy (non-hydrogen) atoms. The van der Waals surface area contributed by atoms with Gasteiger partial charge in [-0.3, -0.25) is 4.79 Å². The number of carbonyl (C=O) groups is 2. The topological polar surface area (TPSA) is 91.4 Å². The highest BCUT2D eigenvalue weighted by atomic mass is 16.5. The van der Waals surface area contributed by atoms with Crippen LogP contribution in [0.4, 0.5) is 0 Å². The third-order valence-corrected chi connectivity index (χ3v) is 3.60. The summed E-state index contributed by atoms with van der Waals surface area (Å²) in [5.41, 5.74) is 3.55. The van der Waals surface area contributed by atoms with Gasteiger partial charge in [0.1, 0.15) is 5.69 Å². The van der Waals surface area contributed by atoms with Gasteiger partial charge in [0.25, 0.3) is 5.91 Å². The molecule has 1 unspecified atom stereocenters. The molecule has 0 radical (unpaired) electrons. The van der Waals surface area contributed by atoms with E-state index in [9.17, 15) is 9.59 Å². The first kappa shape index (κ1) is 15.1. The Morgan fingerprint density at radius 1 is 1.38 bits per heavy atom. The summed E-state index contributed by atoms with van der Waals surface area (Å²) in [6.45, 7) is 3.92. The van der Waals surface area contributed by atoms with Crippen LogP contribution in [0.25, 0.3) is 10.9 Å². The van der Waals surface area contributed by atoms with Crippen molar-refractivity contribution in [3.8, 4) is 0 Å². The summed E-state index contributed by atoms with van der Waals surface area (Å²) in [4.78, 5) is 25.9. The highest BCUT2D eigenvalue weighted by Gasteiger charge is 2.18. The molecule has 0 saturated carbocycles. The Balaban J connectivity index is 2.17. The fraction of sp³-hybridized carbons (Fsp3) is 0.333. The summed E-state index contributed by atoms with van der Waals surface area (Å²) in [6.07, 6.45) is -1.05. The van der Waals surface area contributed by atoms with Crippen LogP contribution in [-0.4, -0.2) is 41.7 Å². The van der Waals surface area contributed by atoms with Crippen molar-refractivity contribution in [1.82, 2.24) is 10.3 Å². The van der Waals surface area contributed by atoms with Crippen LogP contribution in [0.5, 0.6) is 0 Å². The Bertz CT molecular complexity index is 690. The van der Waals surface area contributed by atoms with E-state index in [1.165, 1.54) is 7.11 Å². The van der Waals surface area contributed by atoms with E-state index < -0.39 is 12.1 Å². The lowest BCUT2D eigenvalue weighted by molar-refractivity contribution is -0.148. The number of carboxylic acid groups (broad SMARTS) is 1. The maximum absolute atomic E-state index is 12.1. The summed E-state index contributed by atoms with van der Waals surface area (Å²) in [5, 5.41) is 12.4. The maximum atomic E-state index is 12.1. The molecule has 0 saturated heterocycles. The Hall–Kier alpha value is -2.34. The van der Waals surface area contributed by atoms with Crippen molar-refractivity contribution in [3.63, 3.8) is 0 Å². The molecule has 1 aromatic heterocycles. The summed E-state index contributed by atoms with van der Waals surface area (Å²) in [7, 11) is 1.29. The van der Waals surface area contributed by atoms with Crippen molar-refractivity contribution < 1.29 is 19.4 Å². The fourth-order valence-electron chi connectivity index (χ4n) is 2.13. The number of carbonyl (C=O) groups excluding carboxylic acids is 1. The standard InChI is InChI=1S/C15H18N2O4/c1-8-4-5-11-10(9(8)2)6-12(17-11)14(18)16-7-13(21-3)15(19)20/h4-6,13,17H,7H2,1-3H3,(H,16,18)(H,19,20). The number of hydrogen-bond acceptors (Lipinski definition) is 3. The average molecular weight is 290 g/mol. The van der Waals surface area contributed by atoms with Crippen LogP contribution in [-0.2, 0) is 9.53 Å². The Labute approximate surface area is 122 Å². The third-order valence-electron chi connectivity index (χ3n) is 3.60. The largest absolute Gasteiger partial charge is 0.479 e. The number of ether oxygens (including phenoxy) is 1. The summed E-state index contributed by atoms with van der Waals surface area (Å²) in [5.74, 6) is -1.47. The second kappa shape index (κ2) is 5.97. The van der Waals surface area contributed by atoms with E-state index >= 15 is 0 Å². The second-order valence-corrected chi connectivity index (χ2v) is 4.92. The van der Waals surface area contributed by atoms with Crippen LogP contribution in [0.1, 0.15) is 21.6 Å². The van der Waals surface area contributed by atoms with Crippen LogP contribution >= 0.6 is 0 Å². The van der Waals surface area contributed by atoms with Gasteiger partial charge < -0.3 is 20.1 Å². The molecule has 112 valence electrons. The van der Waals surface area contributed by atoms with Crippen molar-refractivity contribution in [2.24, 2.45) is 0 Å². The SMILES string of the molecule is COC(CNC(=O)c1cc2c(C)c(C)ccc2[nH]1)C(=O)O. The highest BCUT2D eigenvalue weighted by Crippen LogP contribution is 2.22. The molecule has 2 aromatic rings. The summed E-state index contributed by atoms with van der Waals surface area (Å²) >= 11 is 0. The van der Waals surface area contributed by atoms with Gasteiger partial charge in [0, 0.05) is 18.0 Å². The number of aliphatic carboxylic acids is 1. The van der Waals surface area contributed by atoms with Crippen molar-refractivity contribution >= 4 is 22.8 Å². The number of aromatic nitrogens is 1. The molecule has 2 rings (SSSR count). The first-order chi connectivity index (χ1) is 9.93. The Morgan fingerprint density at radius 3 is 2.71 bits per heavy atom. The number of rotatable bonds is 5. The number of aromatic amines is 1. The van der Waals surface area contributed by atoms with Gasteiger partial charge in [0.2, 0.25) is 0 Å². The molecule has 1 amide bonds. The van der Waals surface area contributed by atoms with Gasteiger partial charge in [-0.05, 0) is 37.1 Å². The predicted octanol–water partition coefficient (Wildman–Crippen LogP) is 1.61. The van der Waals surface area contributed by atoms with Gasteiger partial charge in [0.05, 0.1) is 6.54 Å². The lowest BCUT2D eigenvalue weighted by Gasteiger charge is -2.10. The minimum absolute atomic E-state index is 0.0853. The number of carboxylic acids is 1. The predicted molar refractivity (Wildman–Crippen MR) is 78.5 cm³/mol. The van der Waals surface area contributed by atoms with E-state index in [4.69, 9.17) is 9.84 Å². The first-order valence-corrected chi connectivity index (χ1v) is 6.56. The number of fused-ring (bicyclic) bond motifs is 1. The molecule has 6 nitrogen and oxygen atoms in total. The van der Waals surface area contributed by atoms with E-state index in [0.29, 0.717) is 5.69 Å². The van der Waals surface area contributed by atoms with Crippen LogP contribution < -0.4 is 5.32 Å². The number of methoxy groups -OCH3 is 1. The minimum atomic E-state index is -1.11.